The van der Waals surface area contributed by atoms with Crippen molar-refractivity contribution in [1.29, 1.82) is 0 Å². The van der Waals surface area contributed by atoms with Gasteiger partial charge in [0.05, 0.1) is 17.4 Å². The number of hydrogen-bond donors (Lipinski definition) is 1. The number of rotatable bonds is 4. The quantitative estimate of drug-likeness (QED) is 0.942. The van der Waals surface area contributed by atoms with Crippen LogP contribution in [-0.2, 0) is 12.1 Å². The molecule has 1 N–H and O–H groups in total. The fourth-order valence-corrected chi connectivity index (χ4v) is 1.99. The summed E-state index contributed by atoms with van der Waals surface area (Å²) < 4.78 is 29.1. The van der Waals surface area contributed by atoms with Gasteiger partial charge in [-0.05, 0) is 39.8 Å². The molecule has 0 aliphatic heterocycles. The van der Waals surface area contributed by atoms with Gasteiger partial charge in [-0.3, -0.25) is 0 Å². The number of hydrogen-bond acceptors (Lipinski definition) is 3. The van der Waals surface area contributed by atoms with Gasteiger partial charge < -0.3 is 5.32 Å². The highest BCUT2D eigenvalue weighted by molar-refractivity contribution is 5.22. The lowest BCUT2D eigenvalue weighted by Crippen LogP contribution is -2.22. The van der Waals surface area contributed by atoms with Gasteiger partial charge in [0.25, 0.3) is 0 Å². The molecule has 0 aliphatic carbocycles. The molecule has 2 rings (SSSR count). The SMILES string of the molecule is CC(NCc1cn(C(C)(C)C)nn1)c1c(F)cccc1F. The van der Waals surface area contributed by atoms with Crippen molar-refractivity contribution in [3.8, 4) is 0 Å². The standard InChI is InChI=1S/C15H20F2N4/c1-10(14-12(16)6-5-7-13(14)17)18-8-11-9-21(20-19-11)15(2,3)4/h5-7,9-10,18H,8H2,1-4H3. The molecule has 1 aromatic carbocycles. The molecule has 0 saturated carbocycles. The molecule has 21 heavy (non-hydrogen) atoms. The van der Waals surface area contributed by atoms with E-state index < -0.39 is 17.7 Å². The Bertz CT molecular complexity index is 596. The van der Waals surface area contributed by atoms with Crippen molar-refractivity contribution in [3.63, 3.8) is 0 Å². The second kappa shape index (κ2) is 5.89. The Hall–Kier alpha value is -1.82. The second-order valence-corrected chi connectivity index (χ2v) is 6.06. The van der Waals surface area contributed by atoms with Crippen molar-refractivity contribution < 1.29 is 8.78 Å². The summed E-state index contributed by atoms with van der Waals surface area (Å²) >= 11 is 0. The second-order valence-electron chi connectivity index (χ2n) is 6.06. The van der Waals surface area contributed by atoms with Crippen LogP contribution in [0.3, 0.4) is 0 Å². The molecule has 0 bridgehead atoms. The lowest BCUT2D eigenvalue weighted by Gasteiger charge is -2.17. The van der Waals surface area contributed by atoms with Gasteiger partial charge in [-0.2, -0.15) is 0 Å². The van der Waals surface area contributed by atoms with Crippen molar-refractivity contribution in [2.45, 2.75) is 45.8 Å². The van der Waals surface area contributed by atoms with Crippen LogP contribution in [0.2, 0.25) is 0 Å². The molecule has 0 aliphatic rings. The van der Waals surface area contributed by atoms with E-state index in [-0.39, 0.29) is 11.1 Å². The van der Waals surface area contributed by atoms with Gasteiger partial charge >= 0.3 is 0 Å². The zero-order chi connectivity index (χ0) is 15.6. The summed E-state index contributed by atoms with van der Waals surface area (Å²) in [5.41, 5.74) is 0.628. The fourth-order valence-electron chi connectivity index (χ4n) is 1.99. The molecule has 6 heteroatoms. The first-order valence-electron chi connectivity index (χ1n) is 6.88. The third-order valence-electron chi connectivity index (χ3n) is 3.25. The summed E-state index contributed by atoms with van der Waals surface area (Å²) in [6.45, 7) is 8.18. The monoisotopic (exact) mass is 294 g/mol. The minimum absolute atomic E-state index is 0.0423. The van der Waals surface area contributed by atoms with E-state index in [9.17, 15) is 8.78 Å². The summed E-state index contributed by atoms with van der Waals surface area (Å²) in [6.07, 6.45) is 1.83. The summed E-state index contributed by atoms with van der Waals surface area (Å²) in [5, 5.41) is 11.2. The van der Waals surface area contributed by atoms with Gasteiger partial charge in [0.2, 0.25) is 0 Å². The normalized spacial score (nSPS) is 13.4. The smallest absolute Gasteiger partial charge is 0.130 e. The van der Waals surface area contributed by atoms with Crippen molar-refractivity contribution in [1.82, 2.24) is 20.3 Å². The lowest BCUT2D eigenvalue weighted by atomic mass is 10.1. The van der Waals surface area contributed by atoms with E-state index in [2.05, 4.69) is 15.6 Å². The van der Waals surface area contributed by atoms with E-state index in [1.807, 2.05) is 27.0 Å². The number of benzene rings is 1. The van der Waals surface area contributed by atoms with Crippen molar-refractivity contribution in [3.05, 3.63) is 47.3 Å². The van der Waals surface area contributed by atoms with Crippen LogP contribution >= 0.6 is 0 Å². The maximum Gasteiger partial charge on any atom is 0.130 e. The Morgan fingerprint density at radius 2 is 1.86 bits per heavy atom. The van der Waals surface area contributed by atoms with E-state index >= 15 is 0 Å². The largest absolute Gasteiger partial charge is 0.304 e. The first-order chi connectivity index (χ1) is 9.79. The Labute approximate surface area is 123 Å². The van der Waals surface area contributed by atoms with Gasteiger partial charge in [0, 0.05) is 18.2 Å². The molecule has 0 fully saturated rings. The highest BCUT2D eigenvalue weighted by Crippen LogP contribution is 2.20. The van der Waals surface area contributed by atoms with Crippen LogP contribution in [0.15, 0.2) is 24.4 Å². The Balaban J connectivity index is 2.05. The van der Waals surface area contributed by atoms with E-state index in [1.54, 1.807) is 11.6 Å². The molecule has 1 unspecified atom stereocenters. The van der Waals surface area contributed by atoms with Gasteiger partial charge in [-0.1, -0.05) is 11.3 Å². The van der Waals surface area contributed by atoms with E-state index in [1.165, 1.54) is 18.2 Å². The van der Waals surface area contributed by atoms with Crippen molar-refractivity contribution >= 4 is 0 Å². The molecule has 2 aromatic rings. The topological polar surface area (TPSA) is 42.7 Å². The minimum atomic E-state index is -0.548. The Kier molecular flexibility index (Phi) is 4.37. The predicted octanol–water partition coefficient (Wildman–Crippen LogP) is 3.16. The zero-order valence-electron chi connectivity index (χ0n) is 12.7. The van der Waals surface area contributed by atoms with Crippen LogP contribution < -0.4 is 5.32 Å². The first kappa shape index (κ1) is 15.6. The predicted molar refractivity (Wildman–Crippen MR) is 76.6 cm³/mol. The number of halogens is 2. The minimum Gasteiger partial charge on any atom is -0.304 e. The maximum absolute atomic E-state index is 13.7. The van der Waals surface area contributed by atoms with Crippen LogP contribution in [0.25, 0.3) is 0 Å². The molecule has 4 nitrogen and oxygen atoms in total. The average molecular weight is 294 g/mol. The molecular formula is C15H20F2N4. The third-order valence-corrected chi connectivity index (χ3v) is 3.25. The lowest BCUT2D eigenvalue weighted by molar-refractivity contribution is 0.347. The van der Waals surface area contributed by atoms with Gasteiger partial charge in [0.1, 0.15) is 11.6 Å². The number of nitrogens with one attached hydrogen (secondary N) is 1. The Morgan fingerprint density at radius 1 is 1.24 bits per heavy atom. The third kappa shape index (κ3) is 3.64. The fraction of sp³-hybridized carbons (Fsp3) is 0.467. The van der Waals surface area contributed by atoms with Crippen LogP contribution in [0.4, 0.5) is 8.78 Å². The molecule has 0 spiro atoms. The van der Waals surface area contributed by atoms with Crippen LogP contribution in [0.5, 0.6) is 0 Å². The van der Waals surface area contributed by atoms with E-state index in [0.717, 1.165) is 5.69 Å². The number of nitrogens with zero attached hydrogens (tertiary/aromatic N) is 3. The van der Waals surface area contributed by atoms with Gasteiger partial charge in [0.15, 0.2) is 0 Å². The Morgan fingerprint density at radius 3 is 2.38 bits per heavy atom. The van der Waals surface area contributed by atoms with Crippen LogP contribution in [-0.4, -0.2) is 15.0 Å². The van der Waals surface area contributed by atoms with Crippen molar-refractivity contribution in [2.24, 2.45) is 0 Å². The summed E-state index contributed by atoms with van der Waals surface area (Å²) in [7, 11) is 0. The maximum atomic E-state index is 13.7. The average Bonchev–Trinajstić information content (AvgIpc) is 2.84. The van der Waals surface area contributed by atoms with Crippen molar-refractivity contribution in [2.75, 3.05) is 0 Å². The molecule has 1 heterocycles. The molecular weight excluding hydrogens is 274 g/mol. The van der Waals surface area contributed by atoms with Gasteiger partial charge in [-0.15, -0.1) is 5.10 Å². The molecule has 0 saturated heterocycles. The summed E-state index contributed by atoms with van der Waals surface area (Å²) in [5.74, 6) is -1.10. The summed E-state index contributed by atoms with van der Waals surface area (Å²) in [6, 6.07) is 3.42. The molecule has 0 radical (unpaired) electrons. The first-order valence-corrected chi connectivity index (χ1v) is 6.88. The van der Waals surface area contributed by atoms with E-state index in [4.69, 9.17) is 0 Å². The molecule has 1 aromatic heterocycles. The highest BCUT2D eigenvalue weighted by atomic mass is 19.1. The molecule has 1 atom stereocenters. The summed E-state index contributed by atoms with van der Waals surface area (Å²) in [4.78, 5) is 0. The van der Waals surface area contributed by atoms with E-state index in [0.29, 0.717) is 6.54 Å². The van der Waals surface area contributed by atoms with Crippen LogP contribution in [0.1, 0.15) is 45.0 Å². The van der Waals surface area contributed by atoms with Gasteiger partial charge in [-0.25, -0.2) is 13.5 Å². The highest BCUT2D eigenvalue weighted by Gasteiger charge is 2.17. The zero-order valence-corrected chi connectivity index (χ0v) is 12.7. The molecule has 0 amide bonds. The number of aromatic nitrogens is 3. The van der Waals surface area contributed by atoms with Crippen LogP contribution in [0, 0.1) is 11.6 Å². The molecule has 114 valence electrons.